The van der Waals surface area contributed by atoms with Crippen LogP contribution in [0.4, 0.5) is 29.8 Å². The number of carbonyl (C=O) groups is 6. The molecule has 1 aliphatic carbocycles. The van der Waals surface area contributed by atoms with Crippen molar-refractivity contribution < 1.29 is 57.2 Å². The first-order valence-electron chi connectivity index (χ1n) is 24.7. The van der Waals surface area contributed by atoms with Crippen molar-refractivity contribution in [2.24, 2.45) is 5.92 Å². The maximum atomic E-state index is 13.6. The molecule has 1 saturated carbocycles. The van der Waals surface area contributed by atoms with Crippen LogP contribution < -0.4 is 21.3 Å². The second kappa shape index (κ2) is 25.6. The SMILES string of the molecule is CN(C(=O)OC[C@H]1OCC[C@@H](OC(=O)N2CCN(C(=O)NCc3ccc(CNC(=O)OC(C)(C)C)cc3)CC2)[C@@H]1OCc1ccccc1)C1CCC(C(=O)NCc2ccc(NC(=O)OC(C)(C)C)nc2)CC1. The first kappa shape index (κ1) is 54.7. The molecule has 3 fully saturated rings. The predicted molar refractivity (Wildman–Crippen MR) is 265 cm³/mol. The molecular formula is C52H72N8O12. The van der Waals surface area contributed by atoms with Crippen molar-refractivity contribution >= 4 is 42.1 Å². The lowest BCUT2D eigenvalue weighted by molar-refractivity contribution is -0.178. The van der Waals surface area contributed by atoms with E-state index in [1.807, 2.05) is 54.6 Å². The third-order valence-electron chi connectivity index (χ3n) is 12.3. The van der Waals surface area contributed by atoms with Crippen molar-refractivity contribution in [3.8, 4) is 0 Å². The summed E-state index contributed by atoms with van der Waals surface area (Å²) in [5, 5.41) is 11.3. The highest BCUT2D eigenvalue weighted by atomic mass is 16.6. The monoisotopic (exact) mass is 1000 g/mol. The van der Waals surface area contributed by atoms with Crippen molar-refractivity contribution in [1.29, 1.82) is 0 Å². The molecule has 2 aliphatic heterocycles. The van der Waals surface area contributed by atoms with Crippen LogP contribution in [0.25, 0.3) is 0 Å². The van der Waals surface area contributed by atoms with E-state index in [-0.39, 0.29) is 63.4 Å². The normalized spacial score (nSPS) is 20.3. The second-order valence-corrected chi connectivity index (χ2v) is 20.3. The molecule has 7 amide bonds. The molecule has 2 aromatic carbocycles. The van der Waals surface area contributed by atoms with Crippen molar-refractivity contribution in [3.05, 3.63) is 95.2 Å². The number of hydrogen-bond acceptors (Lipinski definition) is 13. The third-order valence-corrected chi connectivity index (χ3v) is 12.3. The molecule has 3 aromatic rings. The number of anilines is 1. The fourth-order valence-electron chi connectivity index (χ4n) is 8.41. The summed E-state index contributed by atoms with van der Waals surface area (Å²) in [6.45, 7) is 13.1. The van der Waals surface area contributed by atoms with Crippen LogP contribution in [0.3, 0.4) is 0 Å². The fourth-order valence-corrected chi connectivity index (χ4v) is 8.41. The molecule has 0 radical (unpaired) electrons. The lowest BCUT2D eigenvalue weighted by Crippen LogP contribution is -2.55. The van der Waals surface area contributed by atoms with Crippen molar-refractivity contribution in [2.45, 2.75) is 135 Å². The molecule has 0 bridgehead atoms. The second-order valence-electron chi connectivity index (χ2n) is 20.3. The molecule has 4 N–H and O–H groups in total. The van der Waals surface area contributed by atoms with Crippen LogP contribution >= 0.6 is 0 Å². The molecule has 3 heterocycles. The minimum Gasteiger partial charge on any atom is -0.447 e. The quantitative estimate of drug-likeness (QED) is 0.112. The highest BCUT2D eigenvalue weighted by Crippen LogP contribution is 2.29. The summed E-state index contributed by atoms with van der Waals surface area (Å²) in [6, 6.07) is 20.2. The molecule has 3 atom stereocenters. The molecule has 392 valence electrons. The number of piperazine rings is 1. The number of carbonyl (C=O) groups excluding carboxylic acids is 6. The zero-order valence-corrected chi connectivity index (χ0v) is 42.6. The zero-order chi connectivity index (χ0) is 51.8. The summed E-state index contributed by atoms with van der Waals surface area (Å²) >= 11 is 0. The average Bonchev–Trinajstić information content (AvgIpc) is 3.35. The Hall–Kier alpha value is -6.67. The number of pyridine rings is 1. The lowest BCUT2D eigenvalue weighted by atomic mass is 9.85. The van der Waals surface area contributed by atoms with Crippen molar-refractivity contribution in [2.75, 3.05) is 51.8 Å². The topological polar surface area (TPSA) is 229 Å². The highest BCUT2D eigenvalue weighted by Gasteiger charge is 2.40. The molecule has 0 spiro atoms. The Morgan fingerprint density at radius 2 is 1.29 bits per heavy atom. The van der Waals surface area contributed by atoms with E-state index in [2.05, 4.69) is 26.3 Å². The highest BCUT2D eigenvalue weighted by molar-refractivity contribution is 5.83. The minimum absolute atomic E-state index is 0.0742. The third kappa shape index (κ3) is 17.6. The van der Waals surface area contributed by atoms with Crippen molar-refractivity contribution in [3.63, 3.8) is 0 Å². The molecule has 2 saturated heterocycles. The van der Waals surface area contributed by atoms with E-state index in [1.165, 1.54) is 0 Å². The Morgan fingerprint density at radius 1 is 0.694 bits per heavy atom. The Bertz CT molecular complexity index is 2260. The molecule has 72 heavy (non-hydrogen) atoms. The number of nitrogens with one attached hydrogen (secondary N) is 4. The van der Waals surface area contributed by atoms with Gasteiger partial charge in [-0.05, 0) is 95.5 Å². The lowest BCUT2D eigenvalue weighted by Gasteiger charge is -2.39. The van der Waals surface area contributed by atoms with Gasteiger partial charge in [0, 0.05) is 77.4 Å². The van der Waals surface area contributed by atoms with Gasteiger partial charge in [-0.25, -0.2) is 29.0 Å². The van der Waals surface area contributed by atoms with E-state index in [1.54, 1.807) is 81.6 Å². The van der Waals surface area contributed by atoms with Gasteiger partial charge in [0.2, 0.25) is 5.91 Å². The minimum atomic E-state index is -0.750. The Labute approximate surface area is 422 Å². The number of hydrogen-bond donors (Lipinski definition) is 4. The van der Waals surface area contributed by atoms with E-state index in [4.69, 9.17) is 28.4 Å². The number of urea groups is 1. The zero-order valence-electron chi connectivity index (χ0n) is 42.6. The molecule has 3 aliphatic rings. The predicted octanol–water partition coefficient (Wildman–Crippen LogP) is 7.10. The first-order chi connectivity index (χ1) is 34.3. The Morgan fingerprint density at radius 3 is 1.92 bits per heavy atom. The Balaban J connectivity index is 0.925. The number of alkyl carbamates (subject to hydrolysis) is 1. The molecule has 0 unspecified atom stereocenters. The van der Waals surface area contributed by atoms with Gasteiger partial charge in [0.1, 0.15) is 41.9 Å². The van der Waals surface area contributed by atoms with Gasteiger partial charge in [-0.3, -0.25) is 10.1 Å². The Kier molecular flexibility index (Phi) is 19.5. The first-order valence-corrected chi connectivity index (χ1v) is 24.7. The summed E-state index contributed by atoms with van der Waals surface area (Å²) in [5.41, 5.74) is 2.24. The summed E-state index contributed by atoms with van der Waals surface area (Å²) in [6.07, 6.45) is 0.0374. The molecule has 6 rings (SSSR count). The number of amides is 7. The van der Waals surface area contributed by atoms with Crippen molar-refractivity contribution in [1.82, 2.24) is 35.6 Å². The maximum absolute atomic E-state index is 13.6. The van der Waals surface area contributed by atoms with Gasteiger partial charge in [-0.15, -0.1) is 0 Å². The molecular weight excluding hydrogens is 929 g/mol. The van der Waals surface area contributed by atoms with Crippen LogP contribution in [0, 0.1) is 5.92 Å². The van der Waals surface area contributed by atoms with Crippen LogP contribution in [-0.2, 0) is 59.5 Å². The van der Waals surface area contributed by atoms with E-state index >= 15 is 0 Å². The smallest absolute Gasteiger partial charge is 0.413 e. The van der Waals surface area contributed by atoms with Gasteiger partial charge < -0.3 is 59.1 Å². The van der Waals surface area contributed by atoms with Gasteiger partial charge >= 0.3 is 30.4 Å². The van der Waals surface area contributed by atoms with Gasteiger partial charge in [0.25, 0.3) is 0 Å². The summed E-state index contributed by atoms with van der Waals surface area (Å²) in [7, 11) is 1.69. The van der Waals surface area contributed by atoms with Gasteiger partial charge in [0.15, 0.2) is 0 Å². The van der Waals surface area contributed by atoms with E-state index in [0.717, 1.165) is 22.3 Å². The number of ether oxygens (including phenoxy) is 6. The number of aromatic nitrogens is 1. The van der Waals surface area contributed by atoms with Crippen LogP contribution in [0.15, 0.2) is 72.9 Å². The largest absolute Gasteiger partial charge is 0.447 e. The van der Waals surface area contributed by atoms with E-state index in [0.29, 0.717) is 64.1 Å². The molecule has 20 heteroatoms. The molecule has 20 nitrogen and oxygen atoms in total. The van der Waals surface area contributed by atoms with Gasteiger partial charge in [-0.1, -0.05) is 60.7 Å². The van der Waals surface area contributed by atoms with E-state index in [9.17, 15) is 28.8 Å². The summed E-state index contributed by atoms with van der Waals surface area (Å²) < 4.78 is 35.0. The number of nitrogens with zero attached hydrogens (tertiary/aromatic N) is 4. The van der Waals surface area contributed by atoms with Crippen LogP contribution in [0.5, 0.6) is 0 Å². The average molecular weight is 1000 g/mol. The van der Waals surface area contributed by atoms with Crippen LogP contribution in [0.2, 0.25) is 0 Å². The van der Waals surface area contributed by atoms with Gasteiger partial charge in [0.05, 0.1) is 13.2 Å². The number of rotatable bonds is 15. The summed E-state index contributed by atoms with van der Waals surface area (Å²) in [5.74, 6) is 0.0543. The van der Waals surface area contributed by atoms with Crippen LogP contribution in [-0.4, -0.2) is 138 Å². The standard InChI is InChI=1S/C52H72N8O12/c1-51(2,3)71-47(63)56-30-36-15-13-35(14-16-36)29-55-46(62)59-24-26-60(27-25-59)50(66)70-41-23-28-67-42(44(41)68-33-37-11-9-8-10-12-37)34-69-49(65)58(7)40-20-18-39(19-21-40)45(61)54-32-38-17-22-43(53-31-38)57-48(64)72-52(4,5)6/h8-17,22,31,39-42,44H,18-21,23-30,32-34H2,1-7H3,(H,54,61)(H,55,62)(H,56,63)(H,53,57,64)/t39?,40?,41-,42-,44+/m1/s1. The summed E-state index contributed by atoms with van der Waals surface area (Å²) in [4.78, 5) is 86.4. The van der Waals surface area contributed by atoms with Gasteiger partial charge in [-0.2, -0.15) is 0 Å². The maximum Gasteiger partial charge on any atom is 0.413 e. The van der Waals surface area contributed by atoms with E-state index < -0.39 is 53.9 Å². The molecule has 1 aromatic heterocycles. The van der Waals surface area contributed by atoms with Crippen LogP contribution in [0.1, 0.15) is 95.9 Å². The fraction of sp³-hybridized carbons (Fsp3) is 0.558. The number of benzene rings is 2.